The fourth-order valence-electron chi connectivity index (χ4n) is 1.62. The zero-order valence-electron chi connectivity index (χ0n) is 9.07. The summed E-state index contributed by atoms with van der Waals surface area (Å²) in [6.45, 7) is 5.67. The molecular weight excluding hydrogens is 234 g/mol. The van der Waals surface area contributed by atoms with Gasteiger partial charge in [0.25, 0.3) is 0 Å². The monoisotopic (exact) mass is 249 g/mol. The first-order valence-electron chi connectivity index (χ1n) is 4.65. The highest BCUT2D eigenvalue weighted by Crippen LogP contribution is 2.44. The number of primary sulfonamides is 1. The van der Waals surface area contributed by atoms with Crippen molar-refractivity contribution in [2.75, 3.05) is 0 Å². The first-order chi connectivity index (χ1) is 6.59. The van der Waals surface area contributed by atoms with Gasteiger partial charge in [0.2, 0.25) is 10.0 Å². The highest BCUT2D eigenvalue weighted by Gasteiger charge is 2.49. The molecule has 2 N–H and O–H groups in total. The van der Waals surface area contributed by atoms with Crippen LogP contribution in [0.5, 0.6) is 0 Å². The summed E-state index contributed by atoms with van der Waals surface area (Å²) in [7, 11) is -3.69. The molecule has 1 aliphatic carbocycles. The minimum absolute atomic E-state index is 0.396. The van der Waals surface area contributed by atoms with Crippen LogP contribution in [0.3, 0.4) is 0 Å². The van der Waals surface area contributed by atoms with E-state index in [2.05, 4.69) is 0 Å². The zero-order valence-corrected chi connectivity index (χ0v) is 10.6. The van der Waals surface area contributed by atoms with E-state index in [0.29, 0.717) is 0 Å². The summed E-state index contributed by atoms with van der Waals surface area (Å²) >= 11 is 6.40. The molecule has 1 rings (SSSR count). The standard InChI is InChI=1S/C10H16ClNO2S/c1-9(2,3)10(11)7-5-4-6-8(10)15(12,13)14/h4-8H,1-3H3,(H2,12,13,14). The van der Waals surface area contributed by atoms with Crippen molar-refractivity contribution < 1.29 is 8.42 Å². The molecule has 15 heavy (non-hydrogen) atoms. The van der Waals surface area contributed by atoms with Gasteiger partial charge in [-0.05, 0) is 5.41 Å². The molecule has 3 nitrogen and oxygen atoms in total. The maximum absolute atomic E-state index is 11.5. The van der Waals surface area contributed by atoms with Crippen molar-refractivity contribution >= 4 is 21.6 Å². The van der Waals surface area contributed by atoms with Crippen molar-refractivity contribution in [1.29, 1.82) is 0 Å². The van der Waals surface area contributed by atoms with Crippen molar-refractivity contribution in [3.8, 4) is 0 Å². The van der Waals surface area contributed by atoms with Gasteiger partial charge in [-0.1, -0.05) is 45.1 Å². The Morgan fingerprint density at radius 3 is 2.20 bits per heavy atom. The Kier molecular flexibility index (Phi) is 3.07. The molecule has 0 aromatic carbocycles. The van der Waals surface area contributed by atoms with Gasteiger partial charge in [0, 0.05) is 0 Å². The number of nitrogens with two attached hydrogens (primary N) is 1. The van der Waals surface area contributed by atoms with Crippen LogP contribution in [0.2, 0.25) is 0 Å². The third kappa shape index (κ3) is 2.27. The molecule has 0 heterocycles. The largest absolute Gasteiger partial charge is 0.228 e. The minimum Gasteiger partial charge on any atom is -0.228 e. The Bertz CT molecular complexity index is 406. The molecule has 0 saturated carbocycles. The zero-order chi connectivity index (χ0) is 11.9. The molecule has 0 aromatic rings. The molecule has 0 spiro atoms. The number of hydrogen-bond donors (Lipinski definition) is 1. The summed E-state index contributed by atoms with van der Waals surface area (Å²) in [5.41, 5.74) is -0.396. The lowest BCUT2D eigenvalue weighted by molar-refractivity contribution is 0.321. The first kappa shape index (κ1) is 12.7. The van der Waals surface area contributed by atoms with Gasteiger partial charge in [-0.2, -0.15) is 0 Å². The lowest BCUT2D eigenvalue weighted by Gasteiger charge is -2.42. The number of alkyl halides is 1. The predicted molar refractivity (Wildman–Crippen MR) is 63.2 cm³/mol. The Morgan fingerprint density at radius 2 is 1.87 bits per heavy atom. The van der Waals surface area contributed by atoms with Gasteiger partial charge in [0.15, 0.2) is 0 Å². The molecule has 1 aliphatic rings. The van der Waals surface area contributed by atoms with E-state index in [1.165, 1.54) is 6.08 Å². The second-order valence-electron chi connectivity index (χ2n) is 4.77. The Labute approximate surface area is 96.0 Å². The molecule has 0 saturated heterocycles. The number of halogens is 1. The molecule has 0 aromatic heterocycles. The van der Waals surface area contributed by atoms with Crippen LogP contribution < -0.4 is 5.14 Å². The van der Waals surface area contributed by atoms with E-state index >= 15 is 0 Å². The normalized spacial score (nSPS) is 31.9. The van der Waals surface area contributed by atoms with Crippen LogP contribution in [-0.4, -0.2) is 18.5 Å². The van der Waals surface area contributed by atoms with Crippen LogP contribution in [0.15, 0.2) is 24.3 Å². The van der Waals surface area contributed by atoms with Crippen molar-refractivity contribution in [3.05, 3.63) is 24.3 Å². The molecule has 86 valence electrons. The second kappa shape index (κ2) is 3.61. The number of allylic oxidation sites excluding steroid dienone is 3. The minimum atomic E-state index is -3.69. The summed E-state index contributed by atoms with van der Waals surface area (Å²) in [6.07, 6.45) is 6.64. The number of sulfonamides is 1. The van der Waals surface area contributed by atoms with E-state index in [1.54, 1.807) is 18.2 Å². The van der Waals surface area contributed by atoms with Gasteiger partial charge in [0.1, 0.15) is 5.25 Å². The van der Waals surface area contributed by atoms with Crippen molar-refractivity contribution in [2.24, 2.45) is 10.6 Å². The van der Waals surface area contributed by atoms with E-state index in [1.807, 2.05) is 20.8 Å². The van der Waals surface area contributed by atoms with Crippen LogP contribution in [0.1, 0.15) is 20.8 Å². The van der Waals surface area contributed by atoms with Crippen molar-refractivity contribution in [1.82, 2.24) is 0 Å². The smallest absolute Gasteiger partial charge is 0.217 e. The number of rotatable bonds is 1. The summed E-state index contributed by atoms with van der Waals surface area (Å²) in [4.78, 5) is -0.991. The lowest BCUT2D eigenvalue weighted by Crippen LogP contribution is -2.51. The van der Waals surface area contributed by atoms with E-state index in [0.717, 1.165) is 0 Å². The summed E-state index contributed by atoms with van der Waals surface area (Å²) in [5.74, 6) is 0. The molecule has 0 aliphatic heterocycles. The van der Waals surface area contributed by atoms with Gasteiger partial charge in [-0.15, -0.1) is 11.6 Å². The number of hydrogen-bond acceptors (Lipinski definition) is 2. The molecule has 2 atom stereocenters. The van der Waals surface area contributed by atoms with Crippen LogP contribution in [-0.2, 0) is 10.0 Å². The second-order valence-corrected chi connectivity index (χ2v) is 7.08. The van der Waals surface area contributed by atoms with E-state index < -0.39 is 25.6 Å². The Morgan fingerprint density at radius 1 is 1.33 bits per heavy atom. The van der Waals surface area contributed by atoms with E-state index in [-0.39, 0.29) is 0 Å². The fraction of sp³-hybridized carbons (Fsp3) is 0.600. The third-order valence-corrected chi connectivity index (χ3v) is 4.95. The van der Waals surface area contributed by atoms with Gasteiger partial charge in [0.05, 0.1) is 4.87 Å². The van der Waals surface area contributed by atoms with E-state index in [4.69, 9.17) is 16.7 Å². The topological polar surface area (TPSA) is 60.2 Å². The molecule has 5 heteroatoms. The first-order valence-corrected chi connectivity index (χ1v) is 6.64. The van der Waals surface area contributed by atoms with Gasteiger partial charge in [-0.3, -0.25) is 0 Å². The SMILES string of the molecule is CC(C)(C)C1(Cl)C=CC=CC1S(N)(=O)=O. The molecule has 0 bridgehead atoms. The van der Waals surface area contributed by atoms with Crippen LogP contribution in [0, 0.1) is 5.41 Å². The lowest BCUT2D eigenvalue weighted by atomic mass is 9.76. The van der Waals surface area contributed by atoms with E-state index in [9.17, 15) is 8.42 Å². The highest BCUT2D eigenvalue weighted by atomic mass is 35.5. The summed E-state index contributed by atoms with van der Waals surface area (Å²) in [5, 5.41) is 4.31. The molecule has 2 unspecified atom stereocenters. The van der Waals surface area contributed by atoms with Gasteiger partial charge < -0.3 is 0 Å². The maximum Gasteiger partial charge on any atom is 0.217 e. The Balaban J connectivity index is 3.29. The highest BCUT2D eigenvalue weighted by molar-refractivity contribution is 7.90. The Hall–Kier alpha value is -0.320. The summed E-state index contributed by atoms with van der Waals surface area (Å²) in [6, 6.07) is 0. The predicted octanol–water partition coefficient (Wildman–Crippen LogP) is 1.79. The average molecular weight is 250 g/mol. The van der Waals surface area contributed by atoms with Crippen molar-refractivity contribution in [3.63, 3.8) is 0 Å². The molecule has 0 fully saturated rings. The van der Waals surface area contributed by atoms with Crippen molar-refractivity contribution in [2.45, 2.75) is 30.9 Å². The third-order valence-electron chi connectivity index (χ3n) is 2.65. The average Bonchev–Trinajstić information content (AvgIpc) is 2.00. The molecule has 0 amide bonds. The van der Waals surface area contributed by atoms with Gasteiger partial charge >= 0.3 is 0 Å². The fourth-order valence-corrected chi connectivity index (χ4v) is 3.36. The quantitative estimate of drug-likeness (QED) is 0.721. The molecule has 0 radical (unpaired) electrons. The van der Waals surface area contributed by atoms with Crippen LogP contribution >= 0.6 is 11.6 Å². The molecular formula is C10H16ClNO2S. The maximum atomic E-state index is 11.5. The van der Waals surface area contributed by atoms with Gasteiger partial charge in [-0.25, -0.2) is 13.6 Å². The summed E-state index contributed by atoms with van der Waals surface area (Å²) < 4.78 is 22.9. The van der Waals surface area contributed by atoms with Crippen LogP contribution in [0.25, 0.3) is 0 Å². The van der Waals surface area contributed by atoms with Crippen LogP contribution in [0.4, 0.5) is 0 Å².